The van der Waals surface area contributed by atoms with Gasteiger partial charge in [0.15, 0.2) is 0 Å². The molecule has 1 fully saturated rings. The maximum Gasteiger partial charge on any atom is 0.0988 e. The van der Waals surface area contributed by atoms with Gasteiger partial charge in [-0.3, -0.25) is 4.99 Å². The zero-order chi connectivity index (χ0) is 10.8. The maximum atomic E-state index is 4.40. The van der Waals surface area contributed by atoms with Gasteiger partial charge < -0.3 is 4.90 Å². The van der Waals surface area contributed by atoms with Crippen LogP contribution in [0.25, 0.3) is 0 Å². The Labute approximate surface area is 88.4 Å². The van der Waals surface area contributed by atoms with Crippen LogP contribution in [0.15, 0.2) is 4.99 Å². The van der Waals surface area contributed by atoms with Crippen molar-refractivity contribution in [3.05, 3.63) is 0 Å². The zero-order valence-electron chi connectivity index (χ0n) is 10.3. The van der Waals surface area contributed by atoms with Gasteiger partial charge in [-0.25, -0.2) is 0 Å². The highest BCUT2D eigenvalue weighted by Crippen LogP contribution is 2.30. The summed E-state index contributed by atoms with van der Waals surface area (Å²) in [7, 11) is 4.08. The van der Waals surface area contributed by atoms with E-state index >= 15 is 0 Å². The molecule has 0 atom stereocenters. The van der Waals surface area contributed by atoms with Gasteiger partial charge in [0, 0.05) is 27.1 Å². The van der Waals surface area contributed by atoms with E-state index in [4.69, 9.17) is 0 Å². The van der Waals surface area contributed by atoms with Gasteiger partial charge in [0.1, 0.15) is 0 Å². The zero-order valence-corrected chi connectivity index (χ0v) is 10.3. The lowest BCUT2D eigenvalue weighted by Gasteiger charge is -2.26. The van der Waals surface area contributed by atoms with Crippen LogP contribution in [0.2, 0.25) is 0 Å². The van der Waals surface area contributed by atoms with Crippen molar-refractivity contribution in [3.8, 4) is 0 Å². The number of rotatable bonds is 3. The van der Waals surface area contributed by atoms with Crippen LogP contribution in [0.5, 0.6) is 0 Å². The third-order valence-corrected chi connectivity index (χ3v) is 2.62. The van der Waals surface area contributed by atoms with Crippen molar-refractivity contribution in [1.82, 2.24) is 4.90 Å². The molecule has 0 unspecified atom stereocenters. The van der Waals surface area contributed by atoms with Crippen molar-refractivity contribution in [2.45, 2.75) is 40.0 Å². The number of hydrogen-bond donors (Lipinski definition) is 0. The van der Waals surface area contributed by atoms with Crippen molar-refractivity contribution in [2.24, 2.45) is 16.3 Å². The van der Waals surface area contributed by atoms with E-state index in [1.807, 2.05) is 7.05 Å². The minimum absolute atomic E-state index is 0.340. The molecule has 82 valence electrons. The van der Waals surface area contributed by atoms with Crippen molar-refractivity contribution in [1.29, 1.82) is 0 Å². The molecule has 0 saturated heterocycles. The second-order valence-corrected chi connectivity index (χ2v) is 5.70. The molecule has 0 aromatic heterocycles. The lowest BCUT2D eigenvalue weighted by molar-refractivity contribution is 0.390. The summed E-state index contributed by atoms with van der Waals surface area (Å²) in [4.78, 5) is 6.73. The predicted molar refractivity (Wildman–Crippen MR) is 62.8 cm³/mol. The molecular formula is C12H24N2. The van der Waals surface area contributed by atoms with Crippen LogP contribution < -0.4 is 0 Å². The first-order chi connectivity index (χ1) is 6.42. The van der Waals surface area contributed by atoms with Crippen molar-refractivity contribution in [3.63, 3.8) is 0 Å². The van der Waals surface area contributed by atoms with Gasteiger partial charge in [-0.1, -0.05) is 20.8 Å². The number of amidine groups is 1. The minimum atomic E-state index is 0.340. The lowest BCUT2D eigenvalue weighted by Crippen LogP contribution is -2.31. The smallest absolute Gasteiger partial charge is 0.0988 e. The molecule has 0 bridgehead atoms. The van der Waals surface area contributed by atoms with Gasteiger partial charge in [0.2, 0.25) is 0 Å². The Morgan fingerprint density at radius 1 is 1.36 bits per heavy atom. The Hall–Kier alpha value is -0.530. The molecule has 1 aliphatic carbocycles. The van der Waals surface area contributed by atoms with Crippen molar-refractivity contribution < 1.29 is 0 Å². The standard InChI is InChI=1S/C12H24N2/c1-12(2,3)8-11(13-4)14(5)9-10-6-7-10/h10H,6-9H2,1-5H3. The summed E-state index contributed by atoms with van der Waals surface area (Å²) < 4.78 is 0. The predicted octanol–water partition coefficient (Wildman–Crippen LogP) is 2.79. The first-order valence-corrected chi connectivity index (χ1v) is 5.59. The molecule has 0 aromatic rings. The second kappa shape index (κ2) is 4.33. The Balaban J connectivity index is 2.43. The van der Waals surface area contributed by atoms with Crippen molar-refractivity contribution >= 4 is 5.84 Å². The van der Waals surface area contributed by atoms with Gasteiger partial charge in [-0.05, 0) is 24.2 Å². The third kappa shape index (κ3) is 4.12. The van der Waals surface area contributed by atoms with Crippen LogP contribution in [-0.4, -0.2) is 31.4 Å². The van der Waals surface area contributed by atoms with Gasteiger partial charge in [0.05, 0.1) is 5.84 Å². The molecule has 2 heteroatoms. The van der Waals surface area contributed by atoms with Crippen LogP contribution in [0.3, 0.4) is 0 Å². The molecule has 0 aromatic carbocycles. The molecule has 0 N–H and O–H groups in total. The largest absolute Gasteiger partial charge is 0.363 e. The van der Waals surface area contributed by atoms with E-state index in [1.54, 1.807) is 0 Å². The molecule has 1 saturated carbocycles. The SMILES string of the molecule is CN=C(CC(C)(C)C)N(C)CC1CC1. The second-order valence-electron chi connectivity index (χ2n) is 5.70. The first-order valence-electron chi connectivity index (χ1n) is 5.59. The van der Waals surface area contributed by atoms with Crippen LogP contribution in [0.4, 0.5) is 0 Å². The molecular weight excluding hydrogens is 172 g/mol. The highest BCUT2D eigenvalue weighted by atomic mass is 15.2. The average Bonchev–Trinajstić information content (AvgIpc) is 2.82. The summed E-state index contributed by atoms with van der Waals surface area (Å²) in [5.41, 5.74) is 0.340. The summed E-state index contributed by atoms with van der Waals surface area (Å²) >= 11 is 0. The number of nitrogens with zero attached hydrogens (tertiary/aromatic N) is 2. The van der Waals surface area contributed by atoms with Crippen LogP contribution in [0, 0.1) is 11.3 Å². The summed E-state index contributed by atoms with van der Waals surface area (Å²) in [6, 6.07) is 0. The van der Waals surface area contributed by atoms with Crippen molar-refractivity contribution in [2.75, 3.05) is 20.6 Å². The monoisotopic (exact) mass is 196 g/mol. The quantitative estimate of drug-likeness (QED) is 0.500. The number of aliphatic imine (C=N–C) groups is 1. The van der Waals surface area contributed by atoms with E-state index in [0.717, 1.165) is 12.3 Å². The van der Waals surface area contributed by atoms with Gasteiger partial charge >= 0.3 is 0 Å². The normalized spacial score (nSPS) is 18.5. The molecule has 14 heavy (non-hydrogen) atoms. The molecule has 0 amide bonds. The third-order valence-electron chi connectivity index (χ3n) is 2.62. The molecule has 2 nitrogen and oxygen atoms in total. The highest BCUT2D eigenvalue weighted by molar-refractivity contribution is 5.82. The van der Waals surface area contributed by atoms with E-state index in [2.05, 4.69) is 37.7 Å². The molecule has 0 spiro atoms. The van der Waals surface area contributed by atoms with E-state index in [1.165, 1.54) is 25.2 Å². The van der Waals surface area contributed by atoms with Crippen LogP contribution >= 0.6 is 0 Å². The Morgan fingerprint density at radius 3 is 2.29 bits per heavy atom. The van der Waals surface area contributed by atoms with E-state index in [9.17, 15) is 0 Å². The van der Waals surface area contributed by atoms with Gasteiger partial charge in [0.25, 0.3) is 0 Å². The van der Waals surface area contributed by atoms with Crippen LogP contribution in [0.1, 0.15) is 40.0 Å². The van der Waals surface area contributed by atoms with E-state index < -0.39 is 0 Å². The maximum absolute atomic E-state index is 4.40. The summed E-state index contributed by atoms with van der Waals surface area (Å²) in [6.07, 6.45) is 3.90. The Morgan fingerprint density at radius 2 is 1.93 bits per heavy atom. The summed E-state index contributed by atoms with van der Waals surface area (Å²) in [5.74, 6) is 2.20. The lowest BCUT2D eigenvalue weighted by atomic mass is 9.91. The van der Waals surface area contributed by atoms with Crippen LogP contribution in [-0.2, 0) is 0 Å². The Bertz CT molecular complexity index is 209. The number of hydrogen-bond acceptors (Lipinski definition) is 1. The fourth-order valence-electron chi connectivity index (χ4n) is 1.65. The minimum Gasteiger partial charge on any atom is -0.363 e. The van der Waals surface area contributed by atoms with Gasteiger partial charge in [-0.2, -0.15) is 0 Å². The topological polar surface area (TPSA) is 15.6 Å². The average molecular weight is 196 g/mol. The fourth-order valence-corrected chi connectivity index (χ4v) is 1.65. The van der Waals surface area contributed by atoms with E-state index in [-0.39, 0.29) is 0 Å². The molecule has 0 heterocycles. The first kappa shape index (κ1) is 11.5. The highest BCUT2D eigenvalue weighted by Gasteiger charge is 2.25. The summed E-state index contributed by atoms with van der Waals surface area (Å²) in [5, 5.41) is 0. The Kier molecular flexibility index (Phi) is 3.57. The molecule has 0 aliphatic heterocycles. The summed E-state index contributed by atoms with van der Waals surface area (Å²) in [6.45, 7) is 8.00. The van der Waals surface area contributed by atoms with E-state index in [0.29, 0.717) is 5.41 Å². The molecule has 1 rings (SSSR count). The fraction of sp³-hybridized carbons (Fsp3) is 0.917. The molecule has 0 radical (unpaired) electrons. The van der Waals surface area contributed by atoms with Gasteiger partial charge in [-0.15, -0.1) is 0 Å². The molecule has 1 aliphatic rings.